The fraction of sp³-hybridized carbons (Fsp3) is 0.238. The van der Waals surface area contributed by atoms with E-state index in [0.29, 0.717) is 16.7 Å². The molecule has 0 bridgehead atoms. The highest BCUT2D eigenvalue weighted by Gasteiger charge is 2.18. The molecule has 0 aliphatic carbocycles. The zero-order chi connectivity index (χ0) is 22.0. The van der Waals surface area contributed by atoms with Crippen LogP contribution in [-0.4, -0.2) is 37.9 Å². The number of thioether (sulfide) groups is 1. The van der Waals surface area contributed by atoms with Crippen LogP contribution in [0.1, 0.15) is 18.4 Å². The highest BCUT2D eigenvalue weighted by molar-refractivity contribution is 8.01. The van der Waals surface area contributed by atoms with Gasteiger partial charge >= 0.3 is 0 Å². The molecule has 10 heteroatoms. The molecule has 1 aromatic carbocycles. The van der Waals surface area contributed by atoms with Crippen molar-refractivity contribution in [2.75, 3.05) is 16.4 Å². The number of H-pyrrole nitrogens is 1. The predicted octanol–water partition coefficient (Wildman–Crippen LogP) is 4.60. The lowest BCUT2D eigenvalue weighted by atomic mass is 10.1. The number of hydrogen-bond donors (Lipinski definition) is 3. The smallest absolute Gasteiger partial charge is 0.238 e. The maximum absolute atomic E-state index is 12.3. The molecule has 8 nitrogen and oxygen atoms in total. The van der Waals surface area contributed by atoms with Crippen molar-refractivity contribution >= 4 is 56.8 Å². The van der Waals surface area contributed by atoms with Gasteiger partial charge in [0, 0.05) is 33.6 Å². The van der Waals surface area contributed by atoms with Gasteiger partial charge in [-0.1, -0.05) is 23.4 Å². The second kappa shape index (κ2) is 8.94. The molecule has 0 saturated heterocycles. The number of hydrogen-bond acceptors (Lipinski definition) is 7. The number of aromatic nitrogens is 3. The van der Waals surface area contributed by atoms with Gasteiger partial charge in [-0.2, -0.15) is 0 Å². The van der Waals surface area contributed by atoms with Crippen LogP contribution in [0, 0.1) is 13.8 Å². The summed E-state index contributed by atoms with van der Waals surface area (Å²) in [4.78, 5) is 32.5. The normalized spacial score (nSPS) is 12.1. The van der Waals surface area contributed by atoms with Gasteiger partial charge < -0.3 is 20.1 Å². The van der Waals surface area contributed by atoms with E-state index in [-0.39, 0.29) is 17.6 Å². The summed E-state index contributed by atoms with van der Waals surface area (Å²) >= 11 is 2.61. The lowest BCUT2D eigenvalue weighted by molar-refractivity contribution is -0.115. The molecule has 2 amide bonds. The third kappa shape index (κ3) is 4.80. The van der Waals surface area contributed by atoms with Crippen LogP contribution in [0.2, 0.25) is 0 Å². The minimum Gasteiger partial charge on any atom is -0.360 e. The van der Waals surface area contributed by atoms with Gasteiger partial charge in [0.05, 0.1) is 16.7 Å². The molecule has 3 N–H and O–H groups in total. The van der Waals surface area contributed by atoms with Gasteiger partial charge in [0.25, 0.3) is 0 Å². The predicted molar refractivity (Wildman–Crippen MR) is 125 cm³/mol. The van der Waals surface area contributed by atoms with Crippen molar-refractivity contribution in [2.45, 2.75) is 26.0 Å². The van der Waals surface area contributed by atoms with Crippen LogP contribution in [0.4, 0.5) is 10.9 Å². The van der Waals surface area contributed by atoms with Crippen LogP contribution in [0.15, 0.2) is 40.2 Å². The minimum absolute atomic E-state index is 0.132. The molecule has 1 unspecified atom stereocenters. The Morgan fingerprint density at radius 3 is 2.84 bits per heavy atom. The van der Waals surface area contributed by atoms with Crippen molar-refractivity contribution in [3.8, 4) is 11.3 Å². The topological polar surface area (TPSA) is 113 Å². The van der Waals surface area contributed by atoms with E-state index in [1.807, 2.05) is 30.5 Å². The Bertz CT molecular complexity index is 1240. The number of amides is 2. The molecule has 0 radical (unpaired) electrons. The van der Waals surface area contributed by atoms with E-state index in [9.17, 15) is 9.59 Å². The molecule has 0 fully saturated rings. The quantitative estimate of drug-likeness (QED) is 0.375. The molecular weight excluding hydrogens is 434 g/mol. The Labute approximate surface area is 186 Å². The first-order valence-corrected chi connectivity index (χ1v) is 11.5. The Hall–Kier alpha value is -3.11. The Kier molecular flexibility index (Phi) is 6.10. The second-order valence-corrected chi connectivity index (χ2v) is 9.21. The highest BCUT2D eigenvalue weighted by atomic mass is 32.2. The third-order valence-electron chi connectivity index (χ3n) is 4.61. The maximum atomic E-state index is 12.3. The number of nitrogens with one attached hydrogen (secondary N) is 3. The summed E-state index contributed by atoms with van der Waals surface area (Å²) < 4.78 is 4.93. The number of para-hydroxylation sites is 1. The van der Waals surface area contributed by atoms with Crippen molar-refractivity contribution in [3.63, 3.8) is 0 Å². The van der Waals surface area contributed by atoms with Crippen molar-refractivity contribution in [1.29, 1.82) is 0 Å². The lowest BCUT2D eigenvalue weighted by Crippen LogP contribution is -2.25. The molecule has 160 valence electrons. The van der Waals surface area contributed by atoms with Crippen molar-refractivity contribution in [3.05, 3.63) is 47.2 Å². The van der Waals surface area contributed by atoms with E-state index >= 15 is 0 Å². The van der Waals surface area contributed by atoms with E-state index in [2.05, 4.69) is 31.8 Å². The monoisotopic (exact) mass is 455 g/mol. The number of anilines is 2. The summed E-state index contributed by atoms with van der Waals surface area (Å²) in [6.07, 6.45) is 0. The largest absolute Gasteiger partial charge is 0.360 e. The average molecular weight is 456 g/mol. The van der Waals surface area contributed by atoms with E-state index in [1.165, 1.54) is 23.1 Å². The second-order valence-electron chi connectivity index (χ2n) is 7.02. The molecule has 3 heterocycles. The minimum atomic E-state index is -0.427. The number of carbonyl (C=O) groups excluding carboxylic acids is 2. The van der Waals surface area contributed by atoms with Crippen LogP contribution >= 0.6 is 23.1 Å². The first kappa shape index (κ1) is 21.1. The molecule has 0 spiro atoms. The van der Waals surface area contributed by atoms with Gasteiger partial charge in [-0.05, 0) is 26.8 Å². The fourth-order valence-electron chi connectivity index (χ4n) is 3.14. The summed E-state index contributed by atoms with van der Waals surface area (Å²) in [7, 11) is 0. The number of thiazole rings is 1. The molecule has 0 saturated carbocycles. The van der Waals surface area contributed by atoms with Gasteiger partial charge in [-0.15, -0.1) is 23.1 Å². The van der Waals surface area contributed by atoms with Gasteiger partial charge in [-0.25, -0.2) is 4.98 Å². The summed E-state index contributed by atoms with van der Waals surface area (Å²) in [5.74, 6) is 0.659. The lowest BCUT2D eigenvalue weighted by Gasteiger charge is -2.09. The standard InChI is InChI=1S/C21H21N5O3S2/c1-11-8-17(26-29-11)24-20(28)13(3)30-10-18(27)25-21-23-16(9-31-21)19-12(2)22-15-7-5-4-6-14(15)19/h4-9,13,22H,10H2,1-3H3,(H,23,25,27)(H,24,26,28). The van der Waals surface area contributed by atoms with Crippen LogP contribution in [0.25, 0.3) is 22.2 Å². The van der Waals surface area contributed by atoms with Crippen LogP contribution < -0.4 is 10.6 Å². The van der Waals surface area contributed by atoms with Gasteiger partial charge in [0.1, 0.15) is 5.76 Å². The van der Waals surface area contributed by atoms with Crippen molar-refractivity contribution in [2.24, 2.45) is 0 Å². The number of carbonyl (C=O) groups is 2. The molecule has 4 rings (SSSR count). The number of aryl methyl sites for hydroxylation is 2. The summed E-state index contributed by atoms with van der Waals surface area (Å²) in [5.41, 5.74) is 3.94. The Morgan fingerprint density at radius 2 is 2.06 bits per heavy atom. The molecular formula is C21H21N5O3S2. The van der Waals surface area contributed by atoms with E-state index in [1.54, 1.807) is 19.9 Å². The summed E-state index contributed by atoms with van der Waals surface area (Å²) in [5, 5.41) is 12.3. The maximum Gasteiger partial charge on any atom is 0.238 e. The zero-order valence-electron chi connectivity index (χ0n) is 17.2. The average Bonchev–Trinajstić information content (AvgIpc) is 3.44. The van der Waals surface area contributed by atoms with Gasteiger partial charge in [-0.3, -0.25) is 9.59 Å². The van der Waals surface area contributed by atoms with E-state index in [0.717, 1.165) is 27.9 Å². The molecule has 3 aromatic heterocycles. The zero-order valence-corrected chi connectivity index (χ0v) is 18.8. The third-order valence-corrected chi connectivity index (χ3v) is 6.51. The number of rotatable bonds is 7. The Balaban J connectivity index is 1.34. The summed E-state index contributed by atoms with van der Waals surface area (Å²) in [6, 6.07) is 9.69. The van der Waals surface area contributed by atoms with Gasteiger partial charge in [0.15, 0.2) is 10.9 Å². The highest BCUT2D eigenvalue weighted by Crippen LogP contribution is 2.33. The van der Waals surface area contributed by atoms with Crippen LogP contribution in [-0.2, 0) is 9.59 Å². The summed E-state index contributed by atoms with van der Waals surface area (Å²) in [6.45, 7) is 5.49. The molecule has 0 aliphatic heterocycles. The molecule has 1 atom stereocenters. The SMILES string of the molecule is Cc1cc(NC(=O)C(C)SCC(=O)Nc2nc(-c3c(C)[nH]c4ccccc34)cs2)no1. The van der Waals surface area contributed by atoms with Crippen molar-refractivity contribution < 1.29 is 14.1 Å². The first-order chi connectivity index (χ1) is 14.9. The van der Waals surface area contributed by atoms with Crippen molar-refractivity contribution in [1.82, 2.24) is 15.1 Å². The number of fused-ring (bicyclic) bond motifs is 1. The van der Waals surface area contributed by atoms with E-state index in [4.69, 9.17) is 4.52 Å². The number of aromatic amines is 1. The number of nitrogens with zero attached hydrogens (tertiary/aromatic N) is 2. The first-order valence-electron chi connectivity index (χ1n) is 9.59. The van der Waals surface area contributed by atoms with E-state index < -0.39 is 5.25 Å². The Morgan fingerprint density at radius 1 is 1.26 bits per heavy atom. The number of benzene rings is 1. The van der Waals surface area contributed by atoms with Crippen LogP contribution in [0.5, 0.6) is 0 Å². The van der Waals surface area contributed by atoms with Crippen LogP contribution in [0.3, 0.4) is 0 Å². The fourth-order valence-corrected chi connectivity index (χ4v) is 4.54. The molecule has 4 aromatic rings. The molecule has 31 heavy (non-hydrogen) atoms. The molecule has 0 aliphatic rings. The van der Waals surface area contributed by atoms with Gasteiger partial charge in [0.2, 0.25) is 11.8 Å².